The van der Waals surface area contributed by atoms with Crippen LogP contribution in [0.5, 0.6) is 0 Å². The third-order valence-electron chi connectivity index (χ3n) is 6.59. The molecule has 1 aliphatic heterocycles. The summed E-state index contributed by atoms with van der Waals surface area (Å²) in [5.41, 5.74) is 10.9. The molecule has 6 rings (SSSR count). The van der Waals surface area contributed by atoms with Crippen molar-refractivity contribution in [3.05, 3.63) is 122 Å². The van der Waals surface area contributed by atoms with Gasteiger partial charge in [0.25, 0.3) is 0 Å². The van der Waals surface area contributed by atoms with Crippen LogP contribution in [0, 0.1) is 28.5 Å². The summed E-state index contributed by atoms with van der Waals surface area (Å²) in [5, 5.41) is 30.6. The van der Waals surface area contributed by atoms with Crippen molar-refractivity contribution in [2.45, 2.75) is 12.6 Å². The molecule has 43 heavy (non-hydrogen) atoms. The molecule has 0 radical (unpaired) electrons. The van der Waals surface area contributed by atoms with Crippen LogP contribution in [0.15, 0.2) is 84.3 Å². The second kappa shape index (κ2) is 12.1. The number of aromatic nitrogens is 2. The van der Waals surface area contributed by atoms with E-state index in [0.29, 0.717) is 45.1 Å². The molecule has 13 heteroatoms. The van der Waals surface area contributed by atoms with E-state index in [9.17, 15) is 14.9 Å². The Kier molecular flexibility index (Phi) is 7.97. The number of anilines is 3. The Labute approximate surface area is 259 Å². The Morgan fingerprint density at radius 2 is 1.88 bits per heavy atom. The van der Waals surface area contributed by atoms with E-state index in [1.54, 1.807) is 17.6 Å². The lowest BCUT2D eigenvalue weighted by Crippen LogP contribution is -2.37. The zero-order chi connectivity index (χ0) is 29.9. The molecule has 9 nitrogen and oxygen atoms in total. The second-order valence-electron chi connectivity index (χ2n) is 9.46. The fourth-order valence-corrected chi connectivity index (χ4v) is 5.93. The van der Waals surface area contributed by atoms with Crippen molar-refractivity contribution < 1.29 is 4.39 Å². The predicted octanol–water partition coefficient (Wildman–Crippen LogP) is 7.14. The zero-order valence-electron chi connectivity index (χ0n) is 22.1. The fourth-order valence-electron chi connectivity index (χ4n) is 4.58. The minimum atomic E-state index is -0.552. The molecule has 0 amide bonds. The number of pyridine rings is 2. The molecular weight excluding hydrogens is 608 g/mol. The summed E-state index contributed by atoms with van der Waals surface area (Å²) in [7, 11) is 0. The molecule has 1 atom stereocenters. The number of hydrazine groups is 2. The van der Waals surface area contributed by atoms with Crippen molar-refractivity contribution in [2.75, 3.05) is 10.6 Å². The normalized spacial score (nSPS) is 13.1. The van der Waals surface area contributed by atoms with E-state index in [1.165, 1.54) is 35.7 Å². The van der Waals surface area contributed by atoms with Crippen molar-refractivity contribution in [3.63, 3.8) is 0 Å². The molecule has 0 fully saturated rings. The van der Waals surface area contributed by atoms with E-state index < -0.39 is 11.9 Å². The van der Waals surface area contributed by atoms with E-state index in [4.69, 9.17) is 23.2 Å². The number of benzene rings is 2. The summed E-state index contributed by atoms with van der Waals surface area (Å²) in [6.07, 6.45) is 5.11. The number of hydrogen-bond acceptors (Lipinski definition) is 10. The van der Waals surface area contributed by atoms with Crippen LogP contribution in [-0.4, -0.2) is 15.0 Å². The van der Waals surface area contributed by atoms with E-state index in [0.717, 1.165) is 16.3 Å². The number of thiophene rings is 1. The SMILES string of the molecule is N#Cc1csc([C@H](Nc2cc(Cl)c3ncc(C#N)c(Nc4ccc(F)c(Cl)c4)c3c2)C2=CN(Cc3ccccn3)NN2)c1. The van der Waals surface area contributed by atoms with Crippen LogP contribution >= 0.6 is 34.5 Å². The molecule has 5 aromatic rings. The molecular formula is C30H20Cl2FN9S. The molecule has 3 aromatic heterocycles. The summed E-state index contributed by atoms with van der Waals surface area (Å²) in [5.74, 6) is -0.552. The average molecular weight is 629 g/mol. The number of rotatable bonds is 8. The third kappa shape index (κ3) is 6.02. The van der Waals surface area contributed by atoms with Crippen LogP contribution in [0.25, 0.3) is 10.9 Å². The number of nitriles is 2. The van der Waals surface area contributed by atoms with E-state index in [-0.39, 0.29) is 10.6 Å². The van der Waals surface area contributed by atoms with Gasteiger partial charge in [-0.3, -0.25) is 15.0 Å². The smallest absolute Gasteiger partial charge is 0.141 e. The van der Waals surface area contributed by atoms with Crippen LogP contribution in [-0.2, 0) is 6.54 Å². The van der Waals surface area contributed by atoms with Gasteiger partial charge < -0.3 is 16.1 Å². The van der Waals surface area contributed by atoms with Gasteiger partial charge in [-0.25, -0.2) is 4.39 Å². The third-order valence-corrected chi connectivity index (χ3v) is 8.16. The average Bonchev–Trinajstić information content (AvgIpc) is 3.69. The van der Waals surface area contributed by atoms with Gasteiger partial charge in [0.05, 0.1) is 50.3 Å². The van der Waals surface area contributed by atoms with Crippen LogP contribution in [0.4, 0.5) is 21.5 Å². The maximum atomic E-state index is 13.8. The summed E-state index contributed by atoms with van der Waals surface area (Å²) in [6, 6.07) is 19.3. The minimum Gasteiger partial charge on any atom is -0.372 e. The molecule has 0 saturated heterocycles. The molecule has 1 aliphatic rings. The lowest BCUT2D eigenvalue weighted by molar-refractivity contribution is 0.259. The van der Waals surface area contributed by atoms with Crippen molar-refractivity contribution in [1.29, 1.82) is 10.5 Å². The van der Waals surface area contributed by atoms with Crippen LogP contribution in [0.3, 0.4) is 0 Å². The van der Waals surface area contributed by atoms with Gasteiger partial charge >= 0.3 is 0 Å². The Hall–Kier alpha value is -4.91. The molecule has 0 aliphatic carbocycles. The fraction of sp³-hybridized carbons (Fsp3) is 0.0667. The van der Waals surface area contributed by atoms with Gasteiger partial charge in [-0.1, -0.05) is 29.3 Å². The van der Waals surface area contributed by atoms with Crippen molar-refractivity contribution in [3.8, 4) is 12.1 Å². The van der Waals surface area contributed by atoms with Crippen molar-refractivity contribution in [2.24, 2.45) is 0 Å². The van der Waals surface area contributed by atoms with Crippen LogP contribution in [0.2, 0.25) is 10.0 Å². The summed E-state index contributed by atoms with van der Waals surface area (Å²) in [4.78, 5) is 9.69. The highest BCUT2D eigenvalue weighted by Gasteiger charge is 2.25. The second-order valence-corrected chi connectivity index (χ2v) is 11.2. The molecule has 4 N–H and O–H groups in total. The Morgan fingerprint density at radius 3 is 2.63 bits per heavy atom. The quantitative estimate of drug-likeness (QED) is 0.142. The lowest BCUT2D eigenvalue weighted by atomic mass is 10.1. The van der Waals surface area contributed by atoms with Gasteiger partial charge in [0.2, 0.25) is 0 Å². The monoisotopic (exact) mass is 627 g/mol. The van der Waals surface area contributed by atoms with Gasteiger partial charge in [0, 0.05) is 45.6 Å². The Balaban J connectivity index is 1.39. The summed E-state index contributed by atoms with van der Waals surface area (Å²) >= 11 is 14.2. The van der Waals surface area contributed by atoms with Gasteiger partial charge in [0.15, 0.2) is 0 Å². The minimum absolute atomic E-state index is 0.0548. The molecule has 0 bridgehead atoms. The van der Waals surface area contributed by atoms with E-state index in [1.807, 2.05) is 41.5 Å². The van der Waals surface area contributed by atoms with E-state index >= 15 is 0 Å². The number of hydrogen-bond donors (Lipinski definition) is 4. The van der Waals surface area contributed by atoms with Gasteiger partial charge in [-0.15, -0.1) is 16.9 Å². The van der Waals surface area contributed by atoms with Gasteiger partial charge in [-0.2, -0.15) is 10.5 Å². The number of nitrogens with one attached hydrogen (secondary N) is 4. The number of fused-ring (bicyclic) bond motifs is 1. The molecule has 0 saturated carbocycles. The summed E-state index contributed by atoms with van der Waals surface area (Å²) < 4.78 is 13.8. The first-order valence-electron chi connectivity index (χ1n) is 12.8. The zero-order valence-corrected chi connectivity index (χ0v) is 24.4. The molecule has 2 aromatic carbocycles. The predicted molar refractivity (Wildman–Crippen MR) is 166 cm³/mol. The first kappa shape index (κ1) is 28.2. The molecule has 0 spiro atoms. The van der Waals surface area contributed by atoms with Gasteiger partial charge in [0.1, 0.15) is 24.0 Å². The number of halogens is 3. The highest BCUT2D eigenvalue weighted by atomic mass is 35.5. The molecule has 212 valence electrons. The topological polar surface area (TPSA) is 125 Å². The molecule has 0 unspecified atom stereocenters. The van der Waals surface area contributed by atoms with Crippen molar-refractivity contribution in [1.82, 2.24) is 25.9 Å². The first-order chi connectivity index (χ1) is 20.9. The largest absolute Gasteiger partial charge is 0.372 e. The van der Waals surface area contributed by atoms with Gasteiger partial charge in [-0.05, 0) is 48.5 Å². The number of nitrogens with zero attached hydrogens (tertiary/aromatic N) is 5. The molecule has 4 heterocycles. The van der Waals surface area contributed by atoms with Crippen LogP contribution in [0.1, 0.15) is 27.7 Å². The van der Waals surface area contributed by atoms with Crippen LogP contribution < -0.4 is 21.6 Å². The Bertz CT molecular complexity index is 1950. The lowest BCUT2D eigenvalue weighted by Gasteiger charge is -2.21. The highest BCUT2D eigenvalue weighted by Crippen LogP contribution is 2.38. The summed E-state index contributed by atoms with van der Waals surface area (Å²) in [6.45, 7) is 0.519. The standard InChI is InChI=1S/C30H20Cl2FN9S/c31-23-9-19(4-5-25(23)33)38-28-18(12-35)13-37-29-22(28)8-21(10-24(29)32)39-30(27-7-17(11-34)16-43-27)26-15-42(41-40-26)14-20-3-1-2-6-36-20/h1-10,13,15-16,30,39-41H,14H2,(H,37,38)/t30-/m1/s1. The highest BCUT2D eigenvalue weighted by molar-refractivity contribution is 7.10. The maximum absolute atomic E-state index is 13.8. The maximum Gasteiger partial charge on any atom is 0.141 e. The van der Waals surface area contributed by atoms with E-state index in [2.05, 4.69) is 43.7 Å². The van der Waals surface area contributed by atoms with Crippen molar-refractivity contribution >= 4 is 62.5 Å². The Morgan fingerprint density at radius 1 is 1.02 bits per heavy atom. The first-order valence-corrected chi connectivity index (χ1v) is 14.4.